The largest absolute Gasteiger partial charge is 0.382 e. The maximum Gasteiger partial charge on any atom is 0.269 e. The van der Waals surface area contributed by atoms with E-state index in [1.807, 2.05) is 11.8 Å². The first-order chi connectivity index (χ1) is 9.95. The van der Waals surface area contributed by atoms with Crippen LogP contribution in [-0.4, -0.2) is 41.4 Å². The first kappa shape index (κ1) is 15.2. The summed E-state index contributed by atoms with van der Waals surface area (Å²) in [7, 11) is 0. The van der Waals surface area contributed by atoms with Crippen molar-refractivity contribution in [1.29, 1.82) is 0 Å². The number of non-ortho nitro benzene ring substituents is 1. The molecule has 1 amide bonds. The van der Waals surface area contributed by atoms with Crippen LogP contribution in [0.2, 0.25) is 0 Å². The summed E-state index contributed by atoms with van der Waals surface area (Å²) in [4.78, 5) is 23.3. The molecule has 1 aliphatic heterocycles. The molecule has 0 radical (unpaired) electrons. The average Bonchev–Trinajstić information content (AvgIpc) is 2.42. The molecule has 2 rings (SSSR count). The van der Waals surface area contributed by atoms with Gasteiger partial charge in [-0.25, -0.2) is 0 Å². The van der Waals surface area contributed by atoms with Crippen LogP contribution in [0, 0.1) is 17.0 Å². The lowest BCUT2D eigenvalue weighted by atomic mass is 10.0. The second kappa shape index (κ2) is 6.53. The smallest absolute Gasteiger partial charge is 0.269 e. The molecule has 114 valence electrons. The van der Waals surface area contributed by atoms with Crippen molar-refractivity contribution in [2.75, 3.05) is 25.0 Å². The number of rotatable bonds is 5. The third kappa shape index (κ3) is 4.16. The molecule has 1 aromatic rings. The first-order valence-electron chi connectivity index (χ1n) is 6.98. The van der Waals surface area contributed by atoms with Crippen LogP contribution in [-0.2, 0) is 4.79 Å². The Hall–Kier alpha value is -2.15. The SMILES string of the molecule is Cc1cc([N+](=O)[O-])ccc1NC1CCN(CC(N)=O)CC1. The Morgan fingerprint density at radius 3 is 2.67 bits per heavy atom. The van der Waals surface area contributed by atoms with E-state index < -0.39 is 0 Å². The number of amides is 1. The van der Waals surface area contributed by atoms with E-state index in [0.29, 0.717) is 12.6 Å². The van der Waals surface area contributed by atoms with Gasteiger partial charge in [0.15, 0.2) is 0 Å². The number of nitrogens with zero attached hydrogens (tertiary/aromatic N) is 2. The maximum absolute atomic E-state index is 10.9. The summed E-state index contributed by atoms with van der Waals surface area (Å²) in [5, 5.41) is 14.1. The number of carbonyl (C=O) groups excluding carboxylic acids is 1. The summed E-state index contributed by atoms with van der Waals surface area (Å²) < 4.78 is 0. The summed E-state index contributed by atoms with van der Waals surface area (Å²) in [6.45, 7) is 3.82. The fraction of sp³-hybridized carbons (Fsp3) is 0.500. The minimum Gasteiger partial charge on any atom is -0.382 e. The molecule has 7 heteroatoms. The minimum absolute atomic E-state index is 0.106. The van der Waals surface area contributed by atoms with Gasteiger partial charge in [0.2, 0.25) is 5.91 Å². The molecule has 1 fully saturated rings. The summed E-state index contributed by atoms with van der Waals surface area (Å²) in [5.74, 6) is -0.298. The predicted molar refractivity (Wildman–Crippen MR) is 80.1 cm³/mol. The number of likely N-dealkylation sites (tertiary alicyclic amines) is 1. The van der Waals surface area contributed by atoms with E-state index in [4.69, 9.17) is 5.73 Å². The molecular weight excluding hydrogens is 272 g/mol. The number of nitrogens with one attached hydrogen (secondary N) is 1. The van der Waals surface area contributed by atoms with Crippen molar-refractivity contribution < 1.29 is 9.72 Å². The fourth-order valence-corrected chi connectivity index (χ4v) is 2.60. The molecule has 7 nitrogen and oxygen atoms in total. The standard InChI is InChI=1S/C14H20N4O3/c1-10-8-12(18(20)21)2-3-13(10)16-11-4-6-17(7-5-11)9-14(15)19/h2-3,8,11,16H,4-7,9H2,1H3,(H2,15,19). The number of primary amides is 1. The van der Waals surface area contributed by atoms with Crippen LogP contribution in [0.15, 0.2) is 18.2 Å². The van der Waals surface area contributed by atoms with E-state index in [2.05, 4.69) is 5.32 Å². The molecule has 0 unspecified atom stereocenters. The molecule has 0 atom stereocenters. The number of aryl methyl sites for hydroxylation is 1. The Morgan fingerprint density at radius 1 is 1.48 bits per heavy atom. The molecule has 1 heterocycles. The van der Waals surface area contributed by atoms with Gasteiger partial charge in [-0.2, -0.15) is 0 Å². The molecule has 21 heavy (non-hydrogen) atoms. The molecule has 1 aromatic carbocycles. The van der Waals surface area contributed by atoms with Gasteiger partial charge in [0.25, 0.3) is 5.69 Å². The number of hydrogen-bond acceptors (Lipinski definition) is 5. The van der Waals surface area contributed by atoms with Gasteiger partial charge in [-0.05, 0) is 31.4 Å². The van der Waals surface area contributed by atoms with E-state index in [0.717, 1.165) is 37.2 Å². The lowest BCUT2D eigenvalue weighted by molar-refractivity contribution is -0.384. The van der Waals surface area contributed by atoms with Gasteiger partial charge >= 0.3 is 0 Å². The second-order valence-electron chi connectivity index (χ2n) is 5.42. The van der Waals surface area contributed by atoms with Crippen LogP contribution >= 0.6 is 0 Å². The van der Waals surface area contributed by atoms with E-state index >= 15 is 0 Å². The third-order valence-electron chi connectivity index (χ3n) is 3.75. The Kier molecular flexibility index (Phi) is 4.74. The summed E-state index contributed by atoms with van der Waals surface area (Å²) >= 11 is 0. The predicted octanol–water partition coefficient (Wildman–Crippen LogP) is 1.26. The highest BCUT2D eigenvalue weighted by Crippen LogP contribution is 2.23. The van der Waals surface area contributed by atoms with Gasteiger partial charge in [-0.1, -0.05) is 0 Å². The lowest BCUT2D eigenvalue weighted by Gasteiger charge is -2.32. The van der Waals surface area contributed by atoms with Gasteiger partial charge in [-0.3, -0.25) is 19.8 Å². The monoisotopic (exact) mass is 292 g/mol. The molecule has 1 aliphatic rings. The first-order valence-corrected chi connectivity index (χ1v) is 6.98. The van der Waals surface area contributed by atoms with Crippen LogP contribution in [0.25, 0.3) is 0 Å². The van der Waals surface area contributed by atoms with Crippen LogP contribution in [0.5, 0.6) is 0 Å². The fourth-order valence-electron chi connectivity index (χ4n) is 2.60. The summed E-state index contributed by atoms with van der Waals surface area (Å²) in [5.41, 5.74) is 7.08. The van der Waals surface area contributed by atoms with Crippen LogP contribution in [0.3, 0.4) is 0 Å². The zero-order valence-electron chi connectivity index (χ0n) is 12.0. The van der Waals surface area contributed by atoms with Gasteiger partial charge in [0, 0.05) is 37.0 Å². The topological polar surface area (TPSA) is 102 Å². The van der Waals surface area contributed by atoms with Crippen molar-refractivity contribution >= 4 is 17.3 Å². The highest BCUT2D eigenvalue weighted by atomic mass is 16.6. The normalized spacial score (nSPS) is 16.6. The Morgan fingerprint density at radius 2 is 2.14 bits per heavy atom. The van der Waals surface area contributed by atoms with E-state index in [-0.39, 0.29) is 16.5 Å². The molecule has 0 aromatic heterocycles. The zero-order valence-corrected chi connectivity index (χ0v) is 12.0. The van der Waals surface area contributed by atoms with Crippen LogP contribution in [0.4, 0.5) is 11.4 Å². The van der Waals surface area contributed by atoms with Crippen LogP contribution < -0.4 is 11.1 Å². The van der Waals surface area contributed by atoms with Gasteiger partial charge in [-0.15, -0.1) is 0 Å². The maximum atomic E-state index is 10.9. The molecule has 1 saturated heterocycles. The Balaban J connectivity index is 1.91. The van der Waals surface area contributed by atoms with Crippen molar-refractivity contribution in [2.24, 2.45) is 5.73 Å². The number of hydrogen-bond donors (Lipinski definition) is 2. The number of carbonyl (C=O) groups is 1. The number of anilines is 1. The number of piperidine rings is 1. The number of nitrogens with two attached hydrogens (primary N) is 1. The van der Waals surface area contributed by atoms with Gasteiger partial charge < -0.3 is 11.1 Å². The summed E-state index contributed by atoms with van der Waals surface area (Å²) in [6, 6.07) is 5.15. The number of nitro groups is 1. The Bertz CT molecular complexity index is 539. The molecule has 0 bridgehead atoms. The Labute approximate surface area is 123 Å². The highest BCUT2D eigenvalue weighted by Gasteiger charge is 2.20. The number of benzene rings is 1. The third-order valence-corrected chi connectivity index (χ3v) is 3.75. The van der Waals surface area contributed by atoms with E-state index in [1.54, 1.807) is 12.1 Å². The summed E-state index contributed by atoms with van der Waals surface area (Å²) in [6.07, 6.45) is 1.84. The average molecular weight is 292 g/mol. The molecule has 0 spiro atoms. The molecular formula is C14H20N4O3. The van der Waals surface area contributed by atoms with Crippen molar-refractivity contribution in [3.8, 4) is 0 Å². The number of nitro benzene ring substituents is 1. The molecule has 3 N–H and O–H groups in total. The lowest BCUT2D eigenvalue weighted by Crippen LogP contribution is -2.43. The molecule has 0 aliphatic carbocycles. The highest BCUT2D eigenvalue weighted by molar-refractivity contribution is 5.75. The quantitative estimate of drug-likeness (QED) is 0.628. The van der Waals surface area contributed by atoms with Gasteiger partial charge in [0.05, 0.1) is 11.5 Å². The van der Waals surface area contributed by atoms with Crippen molar-refractivity contribution in [1.82, 2.24) is 4.90 Å². The van der Waals surface area contributed by atoms with Crippen LogP contribution in [0.1, 0.15) is 18.4 Å². The van der Waals surface area contributed by atoms with Crippen molar-refractivity contribution in [3.05, 3.63) is 33.9 Å². The molecule has 0 saturated carbocycles. The second-order valence-corrected chi connectivity index (χ2v) is 5.42. The van der Waals surface area contributed by atoms with Crippen molar-refractivity contribution in [2.45, 2.75) is 25.8 Å². The van der Waals surface area contributed by atoms with E-state index in [1.165, 1.54) is 6.07 Å². The minimum atomic E-state index is -0.390. The van der Waals surface area contributed by atoms with E-state index in [9.17, 15) is 14.9 Å². The van der Waals surface area contributed by atoms with Crippen molar-refractivity contribution in [3.63, 3.8) is 0 Å². The van der Waals surface area contributed by atoms with Gasteiger partial charge in [0.1, 0.15) is 0 Å². The zero-order chi connectivity index (χ0) is 15.4.